The summed E-state index contributed by atoms with van der Waals surface area (Å²) in [6, 6.07) is 17.6. The Morgan fingerprint density at radius 2 is 1.42 bits per heavy atom. The second-order valence-electron chi connectivity index (χ2n) is 5.05. The van der Waals surface area contributed by atoms with Crippen LogP contribution in [0.2, 0.25) is 4.44 Å². The van der Waals surface area contributed by atoms with Gasteiger partial charge < -0.3 is 0 Å². The SMILES string of the molecule is Cc1ccccc1C([CH2][SnH2][O][SnH3])c1ccccc1C. The molecule has 0 fully saturated rings. The maximum absolute atomic E-state index is 5.72. The van der Waals surface area contributed by atoms with E-state index in [1.165, 1.54) is 26.7 Å². The van der Waals surface area contributed by atoms with Gasteiger partial charge in [0.1, 0.15) is 0 Å². The van der Waals surface area contributed by atoms with Crippen LogP contribution in [0.3, 0.4) is 0 Å². The summed E-state index contributed by atoms with van der Waals surface area (Å²) in [6.45, 7) is 4.45. The van der Waals surface area contributed by atoms with E-state index in [4.69, 9.17) is 1.41 Å². The molecule has 0 bridgehead atoms. The fourth-order valence-corrected chi connectivity index (χ4v) is 10.3. The van der Waals surface area contributed by atoms with E-state index >= 15 is 0 Å². The fourth-order valence-electron chi connectivity index (χ4n) is 2.67. The van der Waals surface area contributed by atoms with Gasteiger partial charge in [0.25, 0.3) is 0 Å². The second kappa shape index (κ2) is 7.69. The monoisotopic (exact) mass is 470 g/mol. The molecule has 0 aliphatic carbocycles. The van der Waals surface area contributed by atoms with Gasteiger partial charge in [0.05, 0.1) is 0 Å². The fraction of sp³-hybridized carbons (Fsp3) is 0.250. The molecule has 1 nitrogen and oxygen atoms in total. The Labute approximate surface area is 140 Å². The molecule has 0 atom stereocenters. The Morgan fingerprint density at radius 3 is 1.84 bits per heavy atom. The first-order chi connectivity index (χ1) is 9.24. The molecule has 0 aliphatic heterocycles. The zero-order valence-electron chi connectivity index (χ0n) is 12.0. The molecule has 0 radical (unpaired) electrons. The van der Waals surface area contributed by atoms with Crippen molar-refractivity contribution >= 4 is 44.5 Å². The third-order valence-corrected chi connectivity index (χ3v) is 15.0. The number of aryl methyl sites for hydroxylation is 2. The molecule has 3 heteroatoms. The standard InChI is InChI=1S/C16H17.O.2Sn.5H/c1-12-8-4-6-10-15(12)14(3)16-11-7-5-9-13(16)2;;;;;;;;/h4-11,14H,3H2,1-2H3;;;;;;;;. The maximum atomic E-state index is 5.72. The van der Waals surface area contributed by atoms with Crippen LogP contribution in [-0.2, 0) is 1.41 Å². The summed E-state index contributed by atoms with van der Waals surface area (Å²) in [5.41, 5.74) is 5.78. The quantitative estimate of drug-likeness (QED) is 0.613. The topological polar surface area (TPSA) is 9.23 Å². The van der Waals surface area contributed by atoms with Gasteiger partial charge in [-0.1, -0.05) is 0 Å². The summed E-state index contributed by atoms with van der Waals surface area (Å²) in [7, 11) is 0. The predicted molar refractivity (Wildman–Crippen MR) is 88.6 cm³/mol. The molecule has 0 N–H and O–H groups in total. The number of benzene rings is 2. The van der Waals surface area contributed by atoms with E-state index < -0.39 is 21.6 Å². The van der Waals surface area contributed by atoms with Gasteiger partial charge in [-0.15, -0.1) is 0 Å². The van der Waals surface area contributed by atoms with Crippen molar-refractivity contribution in [2.24, 2.45) is 0 Å². The summed E-state index contributed by atoms with van der Waals surface area (Å²) >= 11 is -0.562. The molecule has 2 aromatic rings. The van der Waals surface area contributed by atoms with Crippen molar-refractivity contribution in [3.8, 4) is 0 Å². The molecule has 0 spiro atoms. The van der Waals surface area contributed by atoms with Crippen molar-refractivity contribution < 1.29 is 1.41 Å². The molecule has 0 aliphatic rings. The third-order valence-electron chi connectivity index (χ3n) is 3.74. The van der Waals surface area contributed by atoms with E-state index in [1.807, 2.05) is 0 Å². The minimum atomic E-state index is -0.982. The van der Waals surface area contributed by atoms with Crippen LogP contribution in [0.1, 0.15) is 28.2 Å². The van der Waals surface area contributed by atoms with Gasteiger partial charge in [-0.2, -0.15) is 0 Å². The third kappa shape index (κ3) is 3.98. The number of hydrogen-bond donors (Lipinski definition) is 0. The van der Waals surface area contributed by atoms with Crippen molar-refractivity contribution in [3.05, 3.63) is 70.8 Å². The first-order valence-corrected chi connectivity index (χ1v) is 13.7. The molecule has 0 aromatic heterocycles. The van der Waals surface area contributed by atoms with Crippen LogP contribution < -0.4 is 0 Å². The summed E-state index contributed by atoms with van der Waals surface area (Å²) in [6.07, 6.45) is 0. The Balaban J connectivity index is 2.42. The van der Waals surface area contributed by atoms with Gasteiger partial charge in [0, 0.05) is 0 Å². The zero-order chi connectivity index (χ0) is 13.7. The zero-order valence-corrected chi connectivity index (χ0v) is 21.8. The van der Waals surface area contributed by atoms with Gasteiger partial charge in [-0.25, -0.2) is 0 Å². The summed E-state index contributed by atoms with van der Waals surface area (Å²) in [5, 5.41) is 0. The van der Waals surface area contributed by atoms with E-state index in [9.17, 15) is 0 Å². The van der Waals surface area contributed by atoms with Gasteiger partial charge in [0.2, 0.25) is 0 Å². The van der Waals surface area contributed by atoms with Gasteiger partial charge >= 0.3 is 141 Å². The van der Waals surface area contributed by atoms with Crippen LogP contribution in [-0.4, -0.2) is 44.5 Å². The van der Waals surface area contributed by atoms with E-state index in [-0.39, 0.29) is 0 Å². The second-order valence-corrected chi connectivity index (χ2v) is 20.6. The first-order valence-electron chi connectivity index (χ1n) is 6.84. The molecule has 0 heterocycles. The van der Waals surface area contributed by atoms with Gasteiger partial charge in [0.15, 0.2) is 0 Å². The Kier molecular flexibility index (Phi) is 6.23. The molecule has 0 unspecified atom stereocenters. The molecular weight excluding hydrogens is 446 g/mol. The van der Waals surface area contributed by atoms with Gasteiger partial charge in [-0.3, -0.25) is 0 Å². The minimum absolute atomic E-state index is 0.420. The van der Waals surface area contributed by atoms with E-state index in [2.05, 4.69) is 62.4 Å². The summed E-state index contributed by atoms with van der Waals surface area (Å²) < 4.78 is 7.00. The van der Waals surface area contributed by atoms with Crippen LogP contribution in [0, 0.1) is 13.8 Å². The van der Waals surface area contributed by atoms with Crippen LogP contribution >= 0.6 is 0 Å². The molecular formula is C16H22OSn2. The van der Waals surface area contributed by atoms with Crippen LogP contribution in [0.4, 0.5) is 0 Å². The molecule has 2 aromatic carbocycles. The average molecular weight is 468 g/mol. The van der Waals surface area contributed by atoms with E-state index in [0.29, 0.717) is 28.9 Å². The Hall–Kier alpha value is -0.00260. The van der Waals surface area contributed by atoms with Gasteiger partial charge in [-0.05, 0) is 0 Å². The predicted octanol–water partition coefficient (Wildman–Crippen LogP) is 2.23. The van der Waals surface area contributed by atoms with Crippen molar-refractivity contribution in [2.75, 3.05) is 0 Å². The van der Waals surface area contributed by atoms with Crippen LogP contribution in [0.25, 0.3) is 0 Å². The Bertz CT molecular complexity index is 494. The number of hydrogen-bond acceptors (Lipinski definition) is 1. The number of rotatable bonds is 5. The molecule has 0 amide bonds. The first kappa shape index (κ1) is 15.4. The molecule has 0 saturated carbocycles. The Morgan fingerprint density at radius 1 is 0.947 bits per heavy atom. The van der Waals surface area contributed by atoms with Crippen molar-refractivity contribution in [3.63, 3.8) is 0 Å². The molecule has 19 heavy (non-hydrogen) atoms. The van der Waals surface area contributed by atoms with Crippen molar-refractivity contribution in [1.29, 1.82) is 0 Å². The van der Waals surface area contributed by atoms with Crippen molar-refractivity contribution in [1.82, 2.24) is 0 Å². The van der Waals surface area contributed by atoms with E-state index in [1.54, 1.807) is 0 Å². The summed E-state index contributed by atoms with van der Waals surface area (Å²) in [5.74, 6) is 0.546. The molecule has 100 valence electrons. The van der Waals surface area contributed by atoms with Crippen LogP contribution in [0.15, 0.2) is 48.5 Å². The van der Waals surface area contributed by atoms with Crippen molar-refractivity contribution in [2.45, 2.75) is 24.2 Å². The summed E-state index contributed by atoms with van der Waals surface area (Å²) in [4.78, 5) is 0. The van der Waals surface area contributed by atoms with E-state index in [0.717, 1.165) is 0 Å². The normalized spacial score (nSPS) is 11.7. The molecule has 0 saturated heterocycles. The average Bonchev–Trinajstić information content (AvgIpc) is 2.42. The van der Waals surface area contributed by atoms with Crippen LogP contribution in [0.5, 0.6) is 0 Å². The molecule has 2 rings (SSSR count).